The molecule has 1 aliphatic rings. The van der Waals surface area contributed by atoms with E-state index in [1.54, 1.807) is 0 Å². The van der Waals surface area contributed by atoms with Crippen LogP contribution in [0.15, 0.2) is 0 Å². The van der Waals surface area contributed by atoms with Crippen molar-refractivity contribution in [1.29, 1.82) is 0 Å². The number of hydrogen-bond acceptors (Lipinski definition) is 5. The lowest BCUT2D eigenvalue weighted by molar-refractivity contribution is -0.132. The van der Waals surface area contributed by atoms with E-state index >= 15 is 0 Å². The van der Waals surface area contributed by atoms with Crippen LogP contribution in [0.5, 0.6) is 0 Å². The number of aliphatic hydroxyl groups is 4. The second-order valence-corrected chi connectivity index (χ2v) is 2.23. The third-order valence-electron chi connectivity index (χ3n) is 1.52. The van der Waals surface area contributed by atoms with Gasteiger partial charge in [-0.1, -0.05) is 13.8 Å². The summed E-state index contributed by atoms with van der Waals surface area (Å²) in [6, 6.07) is 0. The van der Waals surface area contributed by atoms with Crippen LogP contribution in [0.4, 0.5) is 0 Å². The van der Waals surface area contributed by atoms with Crippen molar-refractivity contribution in [1.82, 2.24) is 0 Å². The van der Waals surface area contributed by atoms with Crippen molar-refractivity contribution >= 4 is 0 Å². The Bertz CT molecular complexity index is 118. The first-order chi connectivity index (χ1) is 5.66. The minimum Gasteiger partial charge on any atom is -0.394 e. The highest BCUT2D eigenvalue weighted by Crippen LogP contribution is 2.18. The Kier molecular flexibility index (Phi) is 5.36. The minimum atomic E-state index is -1.38. The SMILES string of the molecule is CC.OCC1O[C@H](O)C(O)[C@@H]1O. The molecule has 0 aromatic rings. The third-order valence-corrected chi connectivity index (χ3v) is 1.52. The van der Waals surface area contributed by atoms with E-state index in [-0.39, 0.29) is 0 Å². The summed E-state index contributed by atoms with van der Waals surface area (Å²) in [5.41, 5.74) is 0. The lowest BCUT2D eigenvalue weighted by atomic mass is 10.1. The molecule has 1 heterocycles. The van der Waals surface area contributed by atoms with Crippen molar-refractivity contribution in [3.63, 3.8) is 0 Å². The van der Waals surface area contributed by atoms with Gasteiger partial charge in [0.15, 0.2) is 6.29 Å². The van der Waals surface area contributed by atoms with Gasteiger partial charge >= 0.3 is 0 Å². The van der Waals surface area contributed by atoms with Gasteiger partial charge in [-0.05, 0) is 0 Å². The maximum Gasteiger partial charge on any atom is 0.184 e. The zero-order valence-corrected chi connectivity index (χ0v) is 7.21. The Hall–Kier alpha value is -0.200. The van der Waals surface area contributed by atoms with Crippen LogP contribution in [-0.4, -0.2) is 51.6 Å². The fourth-order valence-corrected chi connectivity index (χ4v) is 0.880. The Morgan fingerprint density at radius 2 is 1.58 bits per heavy atom. The van der Waals surface area contributed by atoms with E-state index in [0.717, 1.165) is 0 Å². The highest BCUT2D eigenvalue weighted by atomic mass is 16.6. The molecule has 0 bridgehead atoms. The van der Waals surface area contributed by atoms with Crippen LogP contribution in [0, 0.1) is 0 Å². The fourth-order valence-electron chi connectivity index (χ4n) is 0.880. The standard InChI is InChI=1S/C5H10O5.C2H6/c6-1-2-3(7)4(8)5(9)10-2;1-2/h2-9H,1H2;1-2H3/t2?,3-,4?,5+;/m1./s1. The molecular weight excluding hydrogens is 164 g/mol. The first-order valence-corrected chi connectivity index (χ1v) is 3.97. The average molecular weight is 180 g/mol. The van der Waals surface area contributed by atoms with E-state index in [1.807, 2.05) is 13.8 Å². The summed E-state index contributed by atoms with van der Waals surface area (Å²) in [7, 11) is 0. The zero-order valence-electron chi connectivity index (χ0n) is 7.21. The van der Waals surface area contributed by atoms with E-state index in [4.69, 9.17) is 20.4 Å². The first kappa shape index (κ1) is 11.8. The predicted octanol–water partition coefficient (Wildman–Crippen LogP) is -1.56. The quantitative estimate of drug-likeness (QED) is 0.392. The normalized spacial score (nSPS) is 40.5. The molecule has 0 spiro atoms. The Morgan fingerprint density at radius 1 is 1.08 bits per heavy atom. The van der Waals surface area contributed by atoms with Crippen LogP contribution >= 0.6 is 0 Å². The van der Waals surface area contributed by atoms with Gasteiger partial charge < -0.3 is 25.2 Å². The average Bonchev–Trinajstić information content (AvgIpc) is 2.36. The van der Waals surface area contributed by atoms with E-state index in [1.165, 1.54) is 0 Å². The summed E-state index contributed by atoms with van der Waals surface area (Å²) in [4.78, 5) is 0. The molecule has 1 fully saturated rings. The molecule has 1 aliphatic heterocycles. The van der Waals surface area contributed by atoms with Gasteiger partial charge in [-0.2, -0.15) is 0 Å². The molecule has 5 nitrogen and oxygen atoms in total. The Morgan fingerprint density at radius 3 is 1.75 bits per heavy atom. The summed E-state index contributed by atoms with van der Waals surface area (Å²) in [6.45, 7) is 3.59. The smallest absolute Gasteiger partial charge is 0.184 e. The lowest BCUT2D eigenvalue weighted by Crippen LogP contribution is -2.33. The summed E-state index contributed by atoms with van der Waals surface area (Å²) in [6.07, 6.45) is -4.76. The minimum absolute atomic E-state index is 0.407. The van der Waals surface area contributed by atoms with Gasteiger partial charge in [0.05, 0.1) is 6.61 Å². The maximum absolute atomic E-state index is 8.93. The molecule has 0 aromatic heterocycles. The molecular formula is C7H16O5. The monoisotopic (exact) mass is 180 g/mol. The molecule has 4 atom stereocenters. The lowest BCUT2D eigenvalue weighted by Gasteiger charge is -2.09. The number of ether oxygens (including phenoxy) is 1. The zero-order chi connectivity index (χ0) is 9.72. The summed E-state index contributed by atoms with van der Waals surface area (Å²) in [5, 5.41) is 35.0. The van der Waals surface area contributed by atoms with Gasteiger partial charge in [-0.25, -0.2) is 0 Å². The van der Waals surface area contributed by atoms with Crippen LogP contribution in [0.25, 0.3) is 0 Å². The highest BCUT2D eigenvalue weighted by Gasteiger charge is 2.41. The van der Waals surface area contributed by atoms with Crippen LogP contribution < -0.4 is 0 Å². The van der Waals surface area contributed by atoms with E-state index < -0.39 is 31.2 Å². The van der Waals surface area contributed by atoms with Gasteiger partial charge in [0, 0.05) is 0 Å². The van der Waals surface area contributed by atoms with Crippen molar-refractivity contribution < 1.29 is 25.2 Å². The van der Waals surface area contributed by atoms with Crippen LogP contribution in [0.3, 0.4) is 0 Å². The van der Waals surface area contributed by atoms with Crippen LogP contribution in [0.1, 0.15) is 13.8 Å². The van der Waals surface area contributed by atoms with Crippen molar-refractivity contribution in [2.24, 2.45) is 0 Å². The fraction of sp³-hybridized carbons (Fsp3) is 1.00. The molecule has 2 unspecified atom stereocenters. The largest absolute Gasteiger partial charge is 0.394 e. The first-order valence-electron chi connectivity index (χ1n) is 3.97. The highest BCUT2D eigenvalue weighted by molar-refractivity contribution is 4.84. The second-order valence-electron chi connectivity index (χ2n) is 2.23. The summed E-state index contributed by atoms with van der Waals surface area (Å²) < 4.78 is 4.54. The van der Waals surface area contributed by atoms with Gasteiger partial charge in [-0.15, -0.1) is 0 Å². The van der Waals surface area contributed by atoms with Crippen molar-refractivity contribution in [3.8, 4) is 0 Å². The summed E-state index contributed by atoms with van der Waals surface area (Å²) in [5.74, 6) is 0. The molecule has 4 N–H and O–H groups in total. The molecule has 12 heavy (non-hydrogen) atoms. The van der Waals surface area contributed by atoms with E-state index in [0.29, 0.717) is 0 Å². The van der Waals surface area contributed by atoms with Gasteiger partial charge in [-0.3, -0.25) is 0 Å². The molecule has 1 saturated heterocycles. The molecule has 0 saturated carbocycles. The molecule has 5 heteroatoms. The maximum atomic E-state index is 8.93. The molecule has 0 aliphatic carbocycles. The van der Waals surface area contributed by atoms with Crippen LogP contribution in [-0.2, 0) is 4.74 Å². The van der Waals surface area contributed by atoms with Crippen molar-refractivity contribution in [2.75, 3.05) is 6.61 Å². The van der Waals surface area contributed by atoms with Gasteiger partial charge in [0.2, 0.25) is 0 Å². The number of aliphatic hydroxyl groups excluding tert-OH is 4. The Balaban J connectivity index is 0.000000561. The predicted molar refractivity (Wildman–Crippen MR) is 41.3 cm³/mol. The summed E-state index contributed by atoms with van der Waals surface area (Å²) >= 11 is 0. The Labute approximate surface area is 71.2 Å². The molecule has 0 radical (unpaired) electrons. The van der Waals surface area contributed by atoms with Gasteiger partial charge in [0.25, 0.3) is 0 Å². The topological polar surface area (TPSA) is 90.2 Å². The molecule has 1 rings (SSSR count). The second kappa shape index (κ2) is 5.45. The number of hydrogen-bond donors (Lipinski definition) is 4. The van der Waals surface area contributed by atoms with Crippen LogP contribution in [0.2, 0.25) is 0 Å². The third kappa shape index (κ3) is 2.40. The molecule has 0 amide bonds. The number of rotatable bonds is 1. The molecule has 0 aromatic carbocycles. The van der Waals surface area contributed by atoms with Gasteiger partial charge in [0.1, 0.15) is 18.3 Å². The van der Waals surface area contributed by atoms with E-state index in [2.05, 4.69) is 4.74 Å². The van der Waals surface area contributed by atoms with E-state index in [9.17, 15) is 0 Å². The van der Waals surface area contributed by atoms with Crippen molar-refractivity contribution in [3.05, 3.63) is 0 Å². The van der Waals surface area contributed by atoms with Crippen molar-refractivity contribution in [2.45, 2.75) is 38.4 Å². The molecule has 74 valence electrons.